The number of benzene rings is 1. The minimum Gasteiger partial charge on any atom is -0.395 e. The van der Waals surface area contributed by atoms with Crippen molar-refractivity contribution in [3.63, 3.8) is 0 Å². The van der Waals surface area contributed by atoms with Crippen LogP contribution in [0.15, 0.2) is 23.1 Å². The van der Waals surface area contributed by atoms with E-state index in [4.69, 9.17) is 16.7 Å². The lowest BCUT2D eigenvalue weighted by Crippen LogP contribution is -2.20. The summed E-state index contributed by atoms with van der Waals surface area (Å²) >= 11 is 7.34. The minimum absolute atomic E-state index is 0.00354. The van der Waals surface area contributed by atoms with Gasteiger partial charge in [-0.1, -0.05) is 11.6 Å². The van der Waals surface area contributed by atoms with Gasteiger partial charge in [0.2, 0.25) is 0 Å². The van der Waals surface area contributed by atoms with Crippen molar-refractivity contribution in [1.82, 2.24) is 0 Å². The summed E-state index contributed by atoms with van der Waals surface area (Å²) in [5.74, 6) is 0.0697. The van der Waals surface area contributed by atoms with Crippen LogP contribution in [0.1, 0.15) is 16.8 Å². The SMILES string of the molecule is O=C1CC(CO)Sc2ccc(Cl)cc21. The molecule has 1 aliphatic heterocycles. The van der Waals surface area contributed by atoms with Crippen LogP contribution in [0.3, 0.4) is 0 Å². The largest absolute Gasteiger partial charge is 0.395 e. The number of rotatable bonds is 1. The van der Waals surface area contributed by atoms with Gasteiger partial charge >= 0.3 is 0 Å². The molecule has 0 aliphatic carbocycles. The van der Waals surface area contributed by atoms with Crippen LogP contribution in [0.5, 0.6) is 0 Å². The Morgan fingerprint density at radius 1 is 1.57 bits per heavy atom. The van der Waals surface area contributed by atoms with Crippen LogP contribution in [0.2, 0.25) is 5.02 Å². The second-order valence-corrected chi connectivity index (χ2v) is 4.97. The molecule has 1 unspecified atom stereocenters. The van der Waals surface area contributed by atoms with E-state index < -0.39 is 0 Å². The van der Waals surface area contributed by atoms with Crippen LogP contribution < -0.4 is 0 Å². The summed E-state index contributed by atoms with van der Waals surface area (Å²) in [7, 11) is 0. The molecular weight excluding hydrogens is 220 g/mol. The number of carbonyl (C=O) groups excluding carboxylic acids is 1. The van der Waals surface area contributed by atoms with Crippen molar-refractivity contribution in [2.75, 3.05) is 6.61 Å². The molecule has 0 aromatic heterocycles. The number of hydrogen-bond donors (Lipinski definition) is 1. The van der Waals surface area contributed by atoms with Crippen LogP contribution in [0.4, 0.5) is 0 Å². The third-order valence-electron chi connectivity index (χ3n) is 2.15. The van der Waals surface area contributed by atoms with Gasteiger partial charge in [0.1, 0.15) is 0 Å². The number of hydrogen-bond acceptors (Lipinski definition) is 3. The van der Waals surface area contributed by atoms with Crippen molar-refractivity contribution >= 4 is 29.1 Å². The lowest BCUT2D eigenvalue weighted by Gasteiger charge is -2.21. The first-order valence-corrected chi connectivity index (χ1v) is 5.56. The maximum atomic E-state index is 11.6. The standard InChI is InChI=1S/C10H9ClO2S/c11-6-1-2-10-8(3-6)9(13)4-7(5-12)14-10/h1-3,7,12H,4-5H2. The second kappa shape index (κ2) is 3.93. The Bertz CT molecular complexity index is 378. The highest BCUT2D eigenvalue weighted by molar-refractivity contribution is 8.00. The quantitative estimate of drug-likeness (QED) is 0.802. The molecule has 1 aliphatic rings. The molecule has 0 fully saturated rings. The second-order valence-electron chi connectivity index (χ2n) is 3.19. The van der Waals surface area contributed by atoms with Gasteiger partial charge in [-0.2, -0.15) is 0 Å². The van der Waals surface area contributed by atoms with Gasteiger partial charge in [-0.15, -0.1) is 11.8 Å². The van der Waals surface area contributed by atoms with Crippen molar-refractivity contribution in [3.8, 4) is 0 Å². The molecule has 1 aromatic rings. The fourth-order valence-corrected chi connectivity index (χ4v) is 2.75. The Kier molecular flexibility index (Phi) is 2.81. The molecular formula is C10H9ClO2S. The summed E-state index contributed by atoms with van der Waals surface area (Å²) < 4.78 is 0. The summed E-state index contributed by atoms with van der Waals surface area (Å²) in [4.78, 5) is 12.5. The van der Waals surface area contributed by atoms with Gasteiger partial charge in [-0.3, -0.25) is 4.79 Å². The predicted octanol–water partition coefficient (Wildman–Crippen LogP) is 2.38. The van der Waals surface area contributed by atoms with E-state index in [1.54, 1.807) is 12.1 Å². The molecule has 2 rings (SSSR count). The Morgan fingerprint density at radius 2 is 2.36 bits per heavy atom. The molecule has 0 saturated heterocycles. The van der Waals surface area contributed by atoms with Gasteiger partial charge in [-0.25, -0.2) is 0 Å². The molecule has 0 amide bonds. The van der Waals surface area contributed by atoms with E-state index in [1.807, 2.05) is 6.07 Å². The van der Waals surface area contributed by atoms with E-state index in [0.29, 0.717) is 17.0 Å². The number of aliphatic hydroxyl groups is 1. The monoisotopic (exact) mass is 228 g/mol. The normalized spacial score (nSPS) is 20.7. The molecule has 4 heteroatoms. The van der Waals surface area contributed by atoms with Gasteiger partial charge in [0.25, 0.3) is 0 Å². The molecule has 0 spiro atoms. The van der Waals surface area contributed by atoms with E-state index in [2.05, 4.69) is 0 Å². The summed E-state index contributed by atoms with van der Waals surface area (Å²) in [5.41, 5.74) is 0.687. The van der Waals surface area contributed by atoms with E-state index in [9.17, 15) is 4.79 Å². The number of carbonyl (C=O) groups is 1. The molecule has 0 saturated carbocycles. The fraction of sp³-hybridized carbons (Fsp3) is 0.300. The van der Waals surface area contributed by atoms with E-state index in [-0.39, 0.29) is 17.6 Å². The van der Waals surface area contributed by atoms with Crippen molar-refractivity contribution < 1.29 is 9.90 Å². The summed E-state index contributed by atoms with van der Waals surface area (Å²) in [5, 5.41) is 9.57. The highest BCUT2D eigenvalue weighted by Crippen LogP contribution is 2.36. The fourth-order valence-electron chi connectivity index (χ4n) is 1.46. The third kappa shape index (κ3) is 1.80. The molecule has 2 nitrogen and oxygen atoms in total. The number of fused-ring (bicyclic) bond motifs is 1. The van der Waals surface area contributed by atoms with Gasteiger partial charge < -0.3 is 5.11 Å². The maximum absolute atomic E-state index is 11.6. The van der Waals surface area contributed by atoms with Gasteiger partial charge in [0, 0.05) is 27.2 Å². The van der Waals surface area contributed by atoms with Crippen LogP contribution >= 0.6 is 23.4 Å². The van der Waals surface area contributed by atoms with Crippen molar-refractivity contribution in [3.05, 3.63) is 28.8 Å². The van der Waals surface area contributed by atoms with Crippen molar-refractivity contribution in [2.24, 2.45) is 0 Å². The average Bonchev–Trinajstić information content (AvgIpc) is 2.19. The molecule has 14 heavy (non-hydrogen) atoms. The smallest absolute Gasteiger partial charge is 0.165 e. The maximum Gasteiger partial charge on any atom is 0.165 e. The highest BCUT2D eigenvalue weighted by Gasteiger charge is 2.25. The Balaban J connectivity index is 2.40. The van der Waals surface area contributed by atoms with Crippen LogP contribution in [0, 0.1) is 0 Å². The Labute approximate surface area is 91.3 Å². The van der Waals surface area contributed by atoms with E-state index in [1.165, 1.54) is 11.8 Å². The lowest BCUT2D eigenvalue weighted by molar-refractivity contribution is 0.0968. The number of halogens is 1. The summed E-state index contributed by atoms with van der Waals surface area (Å²) in [6.45, 7) is 0.0402. The minimum atomic E-state index is -0.00354. The predicted molar refractivity (Wildman–Crippen MR) is 57.1 cm³/mol. The number of Topliss-reactive ketones (excluding diaryl/α,β-unsaturated/α-hetero) is 1. The number of ketones is 1. The van der Waals surface area contributed by atoms with Crippen LogP contribution in [0.25, 0.3) is 0 Å². The van der Waals surface area contributed by atoms with E-state index >= 15 is 0 Å². The molecule has 1 aromatic carbocycles. The zero-order valence-electron chi connectivity index (χ0n) is 7.37. The molecule has 1 heterocycles. The van der Waals surface area contributed by atoms with Crippen molar-refractivity contribution in [2.45, 2.75) is 16.6 Å². The van der Waals surface area contributed by atoms with E-state index in [0.717, 1.165) is 4.90 Å². The first-order valence-electron chi connectivity index (χ1n) is 4.31. The first-order chi connectivity index (χ1) is 6.70. The number of aliphatic hydroxyl groups excluding tert-OH is 1. The third-order valence-corrected chi connectivity index (χ3v) is 3.65. The molecule has 1 atom stereocenters. The molecule has 0 bridgehead atoms. The van der Waals surface area contributed by atoms with Crippen molar-refractivity contribution in [1.29, 1.82) is 0 Å². The Morgan fingerprint density at radius 3 is 3.07 bits per heavy atom. The highest BCUT2D eigenvalue weighted by atomic mass is 35.5. The van der Waals surface area contributed by atoms with Gasteiger partial charge in [-0.05, 0) is 18.2 Å². The zero-order chi connectivity index (χ0) is 10.1. The average molecular weight is 229 g/mol. The lowest BCUT2D eigenvalue weighted by atomic mass is 10.1. The van der Waals surface area contributed by atoms with Crippen LogP contribution in [-0.2, 0) is 0 Å². The van der Waals surface area contributed by atoms with Gasteiger partial charge in [0.15, 0.2) is 5.78 Å². The molecule has 74 valence electrons. The summed E-state index contributed by atoms with van der Waals surface area (Å²) in [6, 6.07) is 5.29. The number of thioether (sulfide) groups is 1. The first kappa shape index (κ1) is 10.0. The van der Waals surface area contributed by atoms with Crippen LogP contribution in [-0.4, -0.2) is 22.7 Å². The zero-order valence-corrected chi connectivity index (χ0v) is 8.94. The molecule has 0 radical (unpaired) electrons. The van der Waals surface area contributed by atoms with Gasteiger partial charge in [0.05, 0.1) is 6.61 Å². The Hall–Kier alpha value is -0.510. The topological polar surface area (TPSA) is 37.3 Å². The molecule has 1 N–H and O–H groups in total. The summed E-state index contributed by atoms with van der Waals surface area (Å²) in [6.07, 6.45) is 0.397.